The Morgan fingerprint density at radius 2 is 2.04 bits per heavy atom. The van der Waals surface area contributed by atoms with E-state index in [2.05, 4.69) is 52.3 Å². The van der Waals surface area contributed by atoms with Gasteiger partial charge in [0.15, 0.2) is 11.6 Å². The molecule has 0 aliphatic heterocycles. The van der Waals surface area contributed by atoms with Crippen LogP contribution in [0.2, 0.25) is 0 Å². The molecule has 24 heavy (non-hydrogen) atoms. The number of hydrogen-bond donors (Lipinski definition) is 2. The second-order valence-electron chi connectivity index (χ2n) is 5.46. The van der Waals surface area contributed by atoms with Crippen molar-refractivity contribution in [1.82, 2.24) is 9.97 Å². The van der Waals surface area contributed by atoms with Crippen molar-refractivity contribution in [1.29, 1.82) is 0 Å². The summed E-state index contributed by atoms with van der Waals surface area (Å²) in [6.07, 6.45) is 6.75. The van der Waals surface area contributed by atoms with Crippen LogP contribution in [-0.2, 0) is 0 Å². The summed E-state index contributed by atoms with van der Waals surface area (Å²) in [5.41, 5.74) is 13.3. The average molecular weight is 438 g/mol. The number of aromatic nitrogens is 2. The van der Waals surface area contributed by atoms with E-state index in [1.165, 1.54) is 6.20 Å². The molecule has 7 heteroatoms. The second kappa shape index (κ2) is 7.57. The summed E-state index contributed by atoms with van der Waals surface area (Å²) in [5.74, 6) is 4.80. The van der Waals surface area contributed by atoms with Gasteiger partial charge in [0.25, 0.3) is 0 Å². The zero-order valence-electron chi connectivity index (χ0n) is 13.8. The number of rotatable bonds is 5. The molecule has 1 aromatic heterocycles. The largest absolute Gasteiger partial charge is 0.480 e. The van der Waals surface area contributed by atoms with Crippen LogP contribution >= 0.6 is 22.6 Å². The van der Waals surface area contributed by atoms with Crippen LogP contribution in [0.15, 0.2) is 12.3 Å². The highest BCUT2D eigenvalue weighted by molar-refractivity contribution is 14.1. The summed E-state index contributed by atoms with van der Waals surface area (Å²) in [7, 11) is 0. The van der Waals surface area contributed by atoms with E-state index in [0.717, 1.165) is 20.4 Å². The molecule has 1 heterocycles. The Morgan fingerprint density at radius 3 is 2.62 bits per heavy atom. The SMILES string of the molecule is C#CCOc1cc(C(C)C)c(Oc2cnc(N)nc2N)c(C)c1I. The number of terminal acetylenes is 1. The van der Waals surface area contributed by atoms with Gasteiger partial charge >= 0.3 is 0 Å². The minimum atomic E-state index is 0.105. The molecule has 1 aromatic carbocycles. The average Bonchev–Trinajstić information content (AvgIpc) is 2.53. The molecule has 2 aromatic rings. The van der Waals surface area contributed by atoms with Gasteiger partial charge in [0.05, 0.1) is 9.77 Å². The topological polar surface area (TPSA) is 96.3 Å². The van der Waals surface area contributed by atoms with Crippen LogP contribution in [0.3, 0.4) is 0 Å². The molecule has 0 aliphatic carbocycles. The molecular formula is C17H19IN4O2. The highest BCUT2D eigenvalue weighted by Gasteiger charge is 2.20. The van der Waals surface area contributed by atoms with Crippen LogP contribution < -0.4 is 20.9 Å². The van der Waals surface area contributed by atoms with Crippen LogP contribution in [0, 0.1) is 22.8 Å². The molecule has 0 atom stereocenters. The Labute approximate surface area is 155 Å². The predicted octanol–water partition coefficient (Wildman–Crippen LogP) is 3.48. The fourth-order valence-electron chi connectivity index (χ4n) is 2.15. The summed E-state index contributed by atoms with van der Waals surface area (Å²) in [6.45, 7) is 6.32. The lowest BCUT2D eigenvalue weighted by Gasteiger charge is -2.20. The van der Waals surface area contributed by atoms with E-state index in [-0.39, 0.29) is 24.3 Å². The molecule has 0 saturated heterocycles. The Kier molecular flexibility index (Phi) is 5.72. The molecule has 6 nitrogen and oxygen atoms in total. The molecule has 0 fully saturated rings. The maximum Gasteiger partial charge on any atom is 0.222 e. The molecule has 0 aliphatic rings. The van der Waals surface area contributed by atoms with E-state index in [0.29, 0.717) is 11.5 Å². The Balaban J connectivity index is 2.52. The molecule has 0 saturated carbocycles. The molecule has 2 rings (SSSR count). The van der Waals surface area contributed by atoms with Crippen LogP contribution in [0.4, 0.5) is 11.8 Å². The molecule has 0 radical (unpaired) electrons. The summed E-state index contributed by atoms with van der Waals surface area (Å²) in [6, 6.07) is 1.94. The van der Waals surface area contributed by atoms with E-state index >= 15 is 0 Å². The lowest BCUT2D eigenvalue weighted by atomic mass is 9.99. The summed E-state index contributed by atoms with van der Waals surface area (Å²) in [4.78, 5) is 7.86. The van der Waals surface area contributed by atoms with Crippen molar-refractivity contribution in [2.45, 2.75) is 26.7 Å². The zero-order valence-corrected chi connectivity index (χ0v) is 15.9. The van der Waals surface area contributed by atoms with Crippen LogP contribution in [0.25, 0.3) is 0 Å². The van der Waals surface area contributed by atoms with E-state index in [1.807, 2.05) is 13.0 Å². The smallest absolute Gasteiger partial charge is 0.222 e. The first-order valence-electron chi connectivity index (χ1n) is 7.30. The van der Waals surface area contributed by atoms with Gasteiger partial charge in [0, 0.05) is 11.1 Å². The van der Waals surface area contributed by atoms with Gasteiger partial charge in [0.2, 0.25) is 5.95 Å². The maximum atomic E-state index is 6.02. The summed E-state index contributed by atoms with van der Waals surface area (Å²) >= 11 is 2.21. The van der Waals surface area contributed by atoms with Crippen molar-refractivity contribution in [3.05, 3.63) is 27.0 Å². The second-order valence-corrected chi connectivity index (χ2v) is 6.54. The van der Waals surface area contributed by atoms with Gasteiger partial charge in [-0.25, -0.2) is 4.98 Å². The van der Waals surface area contributed by atoms with Gasteiger partial charge in [-0.05, 0) is 41.5 Å². The maximum absolute atomic E-state index is 6.02. The van der Waals surface area contributed by atoms with Gasteiger partial charge < -0.3 is 20.9 Å². The number of ether oxygens (including phenoxy) is 2. The molecule has 0 amide bonds. The Bertz CT molecular complexity index is 800. The third-order valence-corrected chi connectivity index (χ3v) is 4.72. The molecule has 0 unspecified atom stereocenters. The predicted molar refractivity (Wildman–Crippen MR) is 103 cm³/mol. The van der Waals surface area contributed by atoms with Crippen LogP contribution in [-0.4, -0.2) is 16.6 Å². The standard InChI is InChI=1S/C17H19IN4O2/c1-5-6-23-12-7-11(9(2)3)15(10(4)14(12)18)24-13-8-21-17(20)22-16(13)19/h1,7-9H,6H2,2-4H3,(H4,19,20,21,22). The summed E-state index contributed by atoms with van der Waals surface area (Å²) < 4.78 is 12.6. The van der Waals surface area contributed by atoms with E-state index in [4.69, 9.17) is 27.4 Å². The van der Waals surface area contributed by atoms with Crippen molar-refractivity contribution >= 4 is 34.4 Å². The lowest BCUT2D eigenvalue weighted by molar-refractivity contribution is 0.365. The fourth-order valence-corrected chi connectivity index (χ4v) is 2.70. The van der Waals surface area contributed by atoms with Crippen molar-refractivity contribution in [2.75, 3.05) is 18.1 Å². The van der Waals surface area contributed by atoms with Gasteiger partial charge in [-0.1, -0.05) is 19.8 Å². The number of anilines is 2. The summed E-state index contributed by atoms with van der Waals surface area (Å²) in [5, 5.41) is 0. The Morgan fingerprint density at radius 1 is 1.33 bits per heavy atom. The number of hydrogen-bond acceptors (Lipinski definition) is 6. The van der Waals surface area contributed by atoms with Gasteiger partial charge in [0.1, 0.15) is 18.1 Å². The lowest BCUT2D eigenvalue weighted by Crippen LogP contribution is -2.06. The third-order valence-electron chi connectivity index (χ3n) is 3.38. The number of benzene rings is 1. The highest BCUT2D eigenvalue weighted by Crippen LogP contribution is 2.41. The van der Waals surface area contributed by atoms with Gasteiger partial charge in [-0.2, -0.15) is 4.98 Å². The van der Waals surface area contributed by atoms with Crippen molar-refractivity contribution in [3.63, 3.8) is 0 Å². The van der Waals surface area contributed by atoms with Crippen LogP contribution in [0.5, 0.6) is 17.2 Å². The van der Waals surface area contributed by atoms with E-state index in [1.54, 1.807) is 0 Å². The van der Waals surface area contributed by atoms with E-state index in [9.17, 15) is 0 Å². The number of nitrogens with zero attached hydrogens (tertiary/aromatic N) is 2. The van der Waals surface area contributed by atoms with Gasteiger partial charge in [-0.15, -0.1) is 6.42 Å². The monoisotopic (exact) mass is 438 g/mol. The van der Waals surface area contributed by atoms with Crippen molar-refractivity contribution < 1.29 is 9.47 Å². The van der Waals surface area contributed by atoms with Crippen molar-refractivity contribution in [2.24, 2.45) is 0 Å². The normalized spacial score (nSPS) is 10.5. The quantitative estimate of drug-likeness (QED) is 0.548. The molecule has 0 bridgehead atoms. The molecule has 4 N–H and O–H groups in total. The minimum absolute atomic E-state index is 0.105. The van der Waals surface area contributed by atoms with Gasteiger partial charge in [-0.3, -0.25) is 0 Å². The molecule has 0 spiro atoms. The minimum Gasteiger partial charge on any atom is -0.480 e. The molecular weight excluding hydrogens is 419 g/mol. The molecule has 126 valence electrons. The van der Waals surface area contributed by atoms with Crippen LogP contribution in [0.1, 0.15) is 30.9 Å². The number of halogens is 1. The van der Waals surface area contributed by atoms with E-state index < -0.39 is 0 Å². The fraction of sp³-hybridized carbons (Fsp3) is 0.294. The Hall–Kier alpha value is -2.21. The third kappa shape index (κ3) is 3.82. The first-order valence-corrected chi connectivity index (χ1v) is 8.38. The zero-order chi connectivity index (χ0) is 17.9. The highest BCUT2D eigenvalue weighted by atomic mass is 127. The first kappa shape index (κ1) is 18.1. The van der Waals surface area contributed by atoms with Crippen molar-refractivity contribution in [3.8, 4) is 29.6 Å². The first-order chi connectivity index (χ1) is 11.3. The number of nitrogen functional groups attached to an aromatic ring is 2. The number of nitrogens with two attached hydrogens (primary N) is 2.